The number of nitrogens with zero attached hydrogens (tertiary/aromatic N) is 3. The third kappa shape index (κ3) is 4.26. The molecule has 2 rings (SSSR count). The molecule has 1 aromatic heterocycles. The van der Waals surface area contributed by atoms with Crippen molar-refractivity contribution in [2.75, 3.05) is 10.5 Å². The molecule has 1 N–H and O–H groups in total. The number of hydrogen-bond donors (Lipinski definition) is 1. The van der Waals surface area contributed by atoms with E-state index >= 15 is 0 Å². The first-order valence-corrected chi connectivity index (χ1v) is 9.34. The molecule has 0 saturated carbocycles. The van der Waals surface area contributed by atoms with Gasteiger partial charge in [0, 0.05) is 7.05 Å². The Kier molecular flexibility index (Phi) is 5.63. The number of benzene rings is 1. The fourth-order valence-corrected chi connectivity index (χ4v) is 3.50. The minimum atomic E-state index is -3.68. The molecule has 0 spiro atoms. The summed E-state index contributed by atoms with van der Waals surface area (Å²) < 4.78 is 41.9. The Morgan fingerprint density at radius 1 is 1.32 bits per heavy atom. The SMILES string of the molecule is CCCCS(=O)(=O)Nc1cc(-n2ncc(=O)n(C)c2=O)c(F)cc1Cl. The highest BCUT2D eigenvalue weighted by atomic mass is 35.5. The zero-order valence-corrected chi connectivity index (χ0v) is 15.1. The van der Waals surface area contributed by atoms with E-state index in [1.54, 1.807) is 0 Å². The molecule has 0 saturated heterocycles. The smallest absolute Gasteiger partial charge is 0.282 e. The monoisotopic (exact) mass is 390 g/mol. The van der Waals surface area contributed by atoms with Crippen molar-refractivity contribution in [1.82, 2.24) is 14.3 Å². The lowest BCUT2D eigenvalue weighted by Gasteiger charge is -2.13. The minimum Gasteiger partial charge on any atom is -0.282 e. The number of rotatable bonds is 6. The summed E-state index contributed by atoms with van der Waals surface area (Å²) in [5, 5.41) is 3.43. The summed E-state index contributed by atoms with van der Waals surface area (Å²) in [5.74, 6) is -1.01. The Balaban J connectivity index is 2.54. The van der Waals surface area contributed by atoms with Gasteiger partial charge in [-0.25, -0.2) is 17.6 Å². The van der Waals surface area contributed by atoms with Gasteiger partial charge in [0.05, 0.1) is 16.5 Å². The van der Waals surface area contributed by atoms with Gasteiger partial charge in [0.25, 0.3) is 5.56 Å². The molecular formula is C14H16ClFN4O4S. The van der Waals surface area contributed by atoms with Crippen LogP contribution >= 0.6 is 11.6 Å². The van der Waals surface area contributed by atoms with Gasteiger partial charge in [0.1, 0.15) is 11.9 Å². The van der Waals surface area contributed by atoms with E-state index in [1.165, 1.54) is 7.05 Å². The predicted octanol–water partition coefficient (Wildman–Crippen LogP) is 1.27. The summed E-state index contributed by atoms with van der Waals surface area (Å²) in [6.45, 7) is 1.84. The van der Waals surface area contributed by atoms with Gasteiger partial charge in [-0.15, -0.1) is 0 Å². The molecule has 2 aromatic rings. The van der Waals surface area contributed by atoms with Crippen LogP contribution in [0.25, 0.3) is 5.69 Å². The second kappa shape index (κ2) is 7.36. The molecule has 0 atom stereocenters. The van der Waals surface area contributed by atoms with Gasteiger partial charge in [0.15, 0.2) is 5.82 Å². The average molecular weight is 391 g/mol. The van der Waals surface area contributed by atoms with E-state index in [2.05, 4.69) is 9.82 Å². The standard InChI is InChI=1S/C14H16ClFN4O4S/c1-3-4-5-25(23,24)18-11-7-12(10(16)6-9(11)15)20-14(22)19(2)13(21)8-17-20/h6-8,18H,3-5H2,1-2H3. The quantitative estimate of drug-likeness (QED) is 0.799. The van der Waals surface area contributed by atoms with E-state index < -0.39 is 27.1 Å². The molecule has 25 heavy (non-hydrogen) atoms. The summed E-state index contributed by atoms with van der Waals surface area (Å²) in [6.07, 6.45) is 1.98. The van der Waals surface area contributed by atoms with E-state index in [1.807, 2.05) is 6.92 Å². The molecule has 0 aliphatic carbocycles. The number of halogens is 2. The highest BCUT2D eigenvalue weighted by molar-refractivity contribution is 7.92. The highest BCUT2D eigenvalue weighted by Crippen LogP contribution is 2.27. The van der Waals surface area contributed by atoms with Crippen molar-refractivity contribution in [2.45, 2.75) is 19.8 Å². The van der Waals surface area contributed by atoms with Crippen molar-refractivity contribution in [3.05, 3.63) is 50.0 Å². The molecule has 0 bridgehead atoms. The summed E-state index contributed by atoms with van der Waals surface area (Å²) in [4.78, 5) is 23.5. The maximum Gasteiger partial charge on any atom is 0.352 e. The van der Waals surface area contributed by atoms with Gasteiger partial charge in [0.2, 0.25) is 10.0 Å². The highest BCUT2D eigenvalue weighted by Gasteiger charge is 2.17. The first kappa shape index (κ1) is 19.1. The molecule has 136 valence electrons. The van der Waals surface area contributed by atoms with E-state index in [0.717, 1.165) is 22.9 Å². The lowest BCUT2D eigenvalue weighted by molar-refractivity contribution is 0.585. The van der Waals surface area contributed by atoms with E-state index in [4.69, 9.17) is 11.6 Å². The van der Waals surface area contributed by atoms with Crippen LogP contribution in [-0.4, -0.2) is 28.5 Å². The first-order chi connectivity index (χ1) is 11.7. The normalized spacial score (nSPS) is 11.5. The lowest BCUT2D eigenvalue weighted by Crippen LogP contribution is -2.38. The fraction of sp³-hybridized carbons (Fsp3) is 0.357. The van der Waals surface area contributed by atoms with Gasteiger partial charge >= 0.3 is 5.69 Å². The van der Waals surface area contributed by atoms with Crippen molar-refractivity contribution < 1.29 is 12.8 Å². The van der Waals surface area contributed by atoms with Crippen molar-refractivity contribution in [1.29, 1.82) is 0 Å². The topological polar surface area (TPSA) is 103 Å². The van der Waals surface area contributed by atoms with Crippen LogP contribution in [0.5, 0.6) is 0 Å². The summed E-state index contributed by atoms with van der Waals surface area (Å²) in [5.41, 5.74) is -1.96. The van der Waals surface area contributed by atoms with E-state index in [9.17, 15) is 22.4 Å². The van der Waals surface area contributed by atoms with Crippen LogP contribution < -0.4 is 16.0 Å². The Bertz CT molecular complexity index is 1020. The predicted molar refractivity (Wildman–Crippen MR) is 92.4 cm³/mol. The van der Waals surface area contributed by atoms with Crippen molar-refractivity contribution in [2.24, 2.45) is 7.05 Å². The van der Waals surface area contributed by atoms with E-state index in [-0.39, 0.29) is 22.2 Å². The van der Waals surface area contributed by atoms with Crippen LogP contribution in [0, 0.1) is 5.82 Å². The summed E-state index contributed by atoms with van der Waals surface area (Å²) in [6, 6.07) is 1.92. The van der Waals surface area contributed by atoms with Crippen LogP contribution in [0.4, 0.5) is 10.1 Å². The van der Waals surface area contributed by atoms with Crippen molar-refractivity contribution in [3.8, 4) is 5.69 Å². The van der Waals surface area contributed by atoms with Crippen molar-refractivity contribution in [3.63, 3.8) is 0 Å². The van der Waals surface area contributed by atoms with Gasteiger partial charge in [-0.3, -0.25) is 14.1 Å². The van der Waals surface area contributed by atoms with Crippen LogP contribution in [0.1, 0.15) is 19.8 Å². The van der Waals surface area contributed by atoms with Crippen LogP contribution in [-0.2, 0) is 17.1 Å². The van der Waals surface area contributed by atoms with Gasteiger partial charge in [-0.1, -0.05) is 24.9 Å². The Hall–Kier alpha value is -2.20. The minimum absolute atomic E-state index is 0.0864. The van der Waals surface area contributed by atoms with Crippen molar-refractivity contribution >= 4 is 27.3 Å². The molecule has 0 fully saturated rings. The summed E-state index contributed by atoms with van der Waals surface area (Å²) in [7, 11) is -2.46. The van der Waals surface area contributed by atoms with Gasteiger partial charge in [-0.05, 0) is 18.6 Å². The molecular weight excluding hydrogens is 375 g/mol. The molecule has 0 unspecified atom stereocenters. The number of hydrogen-bond acceptors (Lipinski definition) is 5. The Labute approximate surface area is 147 Å². The Morgan fingerprint density at radius 2 is 2.00 bits per heavy atom. The van der Waals surface area contributed by atoms with Gasteiger partial charge in [-0.2, -0.15) is 9.78 Å². The third-order valence-electron chi connectivity index (χ3n) is 3.38. The molecule has 8 nitrogen and oxygen atoms in total. The number of nitrogens with one attached hydrogen (secondary N) is 1. The number of aromatic nitrogens is 3. The fourth-order valence-electron chi connectivity index (χ4n) is 1.98. The maximum absolute atomic E-state index is 14.2. The second-order valence-corrected chi connectivity index (χ2v) is 7.54. The molecule has 0 aliphatic heterocycles. The zero-order chi connectivity index (χ0) is 18.8. The Morgan fingerprint density at radius 3 is 2.64 bits per heavy atom. The molecule has 0 aliphatic rings. The zero-order valence-electron chi connectivity index (χ0n) is 13.5. The maximum atomic E-state index is 14.2. The second-order valence-electron chi connectivity index (χ2n) is 5.29. The van der Waals surface area contributed by atoms with Crippen LogP contribution in [0.2, 0.25) is 5.02 Å². The van der Waals surface area contributed by atoms with E-state index in [0.29, 0.717) is 17.5 Å². The molecule has 11 heteroatoms. The first-order valence-electron chi connectivity index (χ1n) is 7.31. The summed E-state index contributed by atoms with van der Waals surface area (Å²) >= 11 is 5.90. The average Bonchev–Trinajstić information content (AvgIpc) is 2.54. The lowest BCUT2D eigenvalue weighted by atomic mass is 10.2. The number of sulfonamides is 1. The van der Waals surface area contributed by atoms with Crippen LogP contribution in [0.3, 0.4) is 0 Å². The molecule has 1 aromatic carbocycles. The largest absolute Gasteiger partial charge is 0.352 e. The van der Waals surface area contributed by atoms with Crippen LogP contribution in [0.15, 0.2) is 27.9 Å². The molecule has 0 amide bonds. The molecule has 0 radical (unpaired) electrons. The third-order valence-corrected chi connectivity index (χ3v) is 5.05. The number of anilines is 1. The number of unbranched alkanes of at least 4 members (excludes halogenated alkanes) is 1. The molecule has 1 heterocycles. The van der Waals surface area contributed by atoms with Gasteiger partial charge < -0.3 is 0 Å².